The molecule has 0 fully saturated rings. The van der Waals surface area contributed by atoms with Gasteiger partial charge in [0.25, 0.3) is 0 Å². The van der Waals surface area contributed by atoms with Gasteiger partial charge in [-0.2, -0.15) is 4.98 Å². The Hall–Kier alpha value is -0.900. The van der Waals surface area contributed by atoms with Gasteiger partial charge in [0, 0.05) is 6.04 Å². The molecule has 0 radical (unpaired) electrons. The summed E-state index contributed by atoms with van der Waals surface area (Å²) in [4.78, 5) is 4.31. The van der Waals surface area contributed by atoms with Crippen molar-refractivity contribution in [2.75, 3.05) is 0 Å². The maximum atomic E-state index is 5.25. The molecule has 0 aliphatic heterocycles. The highest BCUT2D eigenvalue weighted by Gasteiger charge is 2.23. The van der Waals surface area contributed by atoms with E-state index in [9.17, 15) is 0 Å². The third kappa shape index (κ3) is 3.30. The van der Waals surface area contributed by atoms with Crippen molar-refractivity contribution in [2.24, 2.45) is 5.92 Å². The van der Waals surface area contributed by atoms with E-state index >= 15 is 0 Å². The summed E-state index contributed by atoms with van der Waals surface area (Å²) in [5, 5.41) is 7.44. The van der Waals surface area contributed by atoms with E-state index in [1.54, 1.807) is 0 Å². The lowest BCUT2D eigenvalue weighted by atomic mass is 10.0. The van der Waals surface area contributed by atoms with Crippen molar-refractivity contribution in [1.29, 1.82) is 0 Å². The fourth-order valence-corrected chi connectivity index (χ4v) is 1.77. The van der Waals surface area contributed by atoms with Crippen molar-refractivity contribution >= 4 is 0 Å². The first kappa shape index (κ1) is 13.2. The molecule has 4 nitrogen and oxygen atoms in total. The highest BCUT2D eigenvalue weighted by Crippen LogP contribution is 2.21. The van der Waals surface area contributed by atoms with Gasteiger partial charge in [0.1, 0.15) is 0 Å². The summed E-state index contributed by atoms with van der Waals surface area (Å²) in [6.45, 7) is 10.6. The SMILES string of the molecule is CCC(CC)NC(c1nc(C)no1)C(C)C. The molecule has 0 bridgehead atoms. The van der Waals surface area contributed by atoms with Gasteiger partial charge in [-0.1, -0.05) is 32.9 Å². The van der Waals surface area contributed by atoms with Crippen LogP contribution < -0.4 is 5.32 Å². The fourth-order valence-electron chi connectivity index (χ4n) is 1.77. The van der Waals surface area contributed by atoms with Crippen LogP contribution in [0, 0.1) is 12.8 Å². The van der Waals surface area contributed by atoms with Crippen LogP contribution in [0.5, 0.6) is 0 Å². The first-order valence-electron chi connectivity index (χ1n) is 6.14. The Kier molecular flexibility index (Phi) is 4.93. The first-order chi connectivity index (χ1) is 7.58. The van der Waals surface area contributed by atoms with Gasteiger partial charge in [-0.15, -0.1) is 0 Å². The van der Waals surface area contributed by atoms with Gasteiger partial charge in [-0.05, 0) is 25.7 Å². The Balaban J connectivity index is 2.75. The van der Waals surface area contributed by atoms with Crippen molar-refractivity contribution < 1.29 is 4.52 Å². The summed E-state index contributed by atoms with van der Waals surface area (Å²) in [5.41, 5.74) is 0. The van der Waals surface area contributed by atoms with E-state index in [2.05, 4.69) is 43.2 Å². The maximum absolute atomic E-state index is 5.25. The summed E-state index contributed by atoms with van der Waals surface area (Å²) >= 11 is 0. The number of hydrogen-bond acceptors (Lipinski definition) is 4. The van der Waals surface area contributed by atoms with Crippen molar-refractivity contribution in [3.63, 3.8) is 0 Å². The normalized spacial score (nSPS) is 13.7. The largest absolute Gasteiger partial charge is 0.338 e. The summed E-state index contributed by atoms with van der Waals surface area (Å²) in [5.74, 6) is 1.85. The van der Waals surface area contributed by atoms with Crippen LogP contribution in [-0.2, 0) is 0 Å². The number of hydrogen-bond donors (Lipinski definition) is 1. The van der Waals surface area contributed by atoms with Crippen molar-refractivity contribution in [3.8, 4) is 0 Å². The van der Waals surface area contributed by atoms with Gasteiger partial charge in [-0.25, -0.2) is 0 Å². The molecule has 0 saturated carbocycles. The van der Waals surface area contributed by atoms with E-state index in [0.29, 0.717) is 23.7 Å². The van der Waals surface area contributed by atoms with E-state index < -0.39 is 0 Å². The van der Waals surface area contributed by atoms with Gasteiger partial charge in [0.15, 0.2) is 5.82 Å². The second-order valence-corrected chi connectivity index (χ2v) is 4.58. The molecule has 0 aromatic carbocycles. The Morgan fingerprint density at radius 1 is 1.25 bits per heavy atom. The third-order valence-electron chi connectivity index (χ3n) is 2.88. The minimum Gasteiger partial charge on any atom is -0.338 e. The van der Waals surface area contributed by atoms with Crippen LogP contribution in [0.15, 0.2) is 4.52 Å². The van der Waals surface area contributed by atoms with E-state index in [-0.39, 0.29) is 6.04 Å². The summed E-state index contributed by atoms with van der Waals surface area (Å²) < 4.78 is 5.25. The highest BCUT2D eigenvalue weighted by molar-refractivity contribution is 4.94. The molecule has 0 amide bonds. The zero-order valence-corrected chi connectivity index (χ0v) is 10.9. The zero-order chi connectivity index (χ0) is 12.1. The van der Waals surface area contributed by atoms with E-state index in [1.807, 2.05) is 6.92 Å². The van der Waals surface area contributed by atoms with Gasteiger partial charge in [0.2, 0.25) is 5.89 Å². The molecule has 1 aromatic heterocycles. The molecule has 1 unspecified atom stereocenters. The van der Waals surface area contributed by atoms with E-state index in [0.717, 1.165) is 12.8 Å². The Morgan fingerprint density at radius 3 is 2.25 bits per heavy atom. The number of aryl methyl sites for hydroxylation is 1. The molecule has 92 valence electrons. The predicted molar refractivity (Wildman–Crippen MR) is 64.1 cm³/mol. The van der Waals surface area contributed by atoms with Crippen LogP contribution in [0.1, 0.15) is 58.3 Å². The lowest BCUT2D eigenvalue weighted by Gasteiger charge is -2.24. The van der Waals surface area contributed by atoms with Crippen LogP contribution in [-0.4, -0.2) is 16.2 Å². The Morgan fingerprint density at radius 2 is 1.88 bits per heavy atom. The molecular weight excluding hydrogens is 202 g/mol. The topological polar surface area (TPSA) is 51.0 Å². The molecule has 0 aliphatic carbocycles. The third-order valence-corrected chi connectivity index (χ3v) is 2.88. The van der Waals surface area contributed by atoms with Crippen molar-refractivity contribution in [1.82, 2.24) is 15.5 Å². The molecule has 0 saturated heterocycles. The minimum absolute atomic E-state index is 0.158. The van der Waals surface area contributed by atoms with Crippen LogP contribution in [0.2, 0.25) is 0 Å². The molecule has 4 heteroatoms. The average Bonchev–Trinajstić information content (AvgIpc) is 2.66. The molecule has 0 aliphatic rings. The quantitative estimate of drug-likeness (QED) is 0.808. The molecule has 1 heterocycles. The van der Waals surface area contributed by atoms with Crippen LogP contribution in [0.4, 0.5) is 0 Å². The average molecular weight is 225 g/mol. The monoisotopic (exact) mass is 225 g/mol. The summed E-state index contributed by atoms with van der Waals surface area (Å²) in [6.07, 6.45) is 2.24. The van der Waals surface area contributed by atoms with Crippen LogP contribution in [0.25, 0.3) is 0 Å². The van der Waals surface area contributed by atoms with Gasteiger partial charge in [0.05, 0.1) is 6.04 Å². The number of nitrogens with one attached hydrogen (secondary N) is 1. The first-order valence-corrected chi connectivity index (χ1v) is 6.14. The fraction of sp³-hybridized carbons (Fsp3) is 0.833. The highest BCUT2D eigenvalue weighted by atomic mass is 16.5. The standard InChI is InChI=1S/C12H23N3O/c1-6-10(7-2)14-11(8(3)4)12-13-9(5)15-16-12/h8,10-11,14H,6-7H2,1-5H3. The molecule has 1 atom stereocenters. The molecule has 1 aromatic rings. The smallest absolute Gasteiger partial charge is 0.244 e. The van der Waals surface area contributed by atoms with E-state index in [4.69, 9.17) is 4.52 Å². The minimum atomic E-state index is 0.158. The Labute approximate surface area is 97.8 Å². The maximum Gasteiger partial charge on any atom is 0.244 e. The molecular formula is C12H23N3O. The number of nitrogens with zero attached hydrogens (tertiary/aromatic N) is 2. The number of aromatic nitrogens is 2. The molecule has 1 rings (SSSR count). The summed E-state index contributed by atoms with van der Waals surface area (Å²) in [7, 11) is 0. The molecule has 16 heavy (non-hydrogen) atoms. The molecule has 1 N–H and O–H groups in total. The zero-order valence-electron chi connectivity index (χ0n) is 10.9. The number of rotatable bonds is 6. The van der Waals surface area contributed by atoms with Crippen LogP contribution >= 0.6 is 0 Å². The molecule has 0 spiro atoms. The van der Waals surface area contributed by atoms with Gasteiger partial charge in [-0.3, -0.25) is 0 Å². The van der Waals surface area contributed by atoms with E-state index in [1.165, 1.54) is 0 Å². The lowest BCUT2D eigenvalue weighted by molar-refractivity contribution is 0.264. The predicted octanol–water partition coefficient (Wildman–Crippen LogP) is 2.85. The van der Waals surface area contributed by atoms with Crippen molar-refractivity contribution in [2.45, 2.75) is 59.5 Å². The second-order valence-electron chi connectivity index (χ2n) is 4.58. The van der Waals surface area contributed by atoms with Crippen molar-refractivity contribution in [3.05, 3.63) is 11.7 Å². The Bertz CT molecular complexity index is 305. The second kappa shape index (κ2) is 5.99. The van der Waals surface area contributed by atoms with Gasteiger partial charge >= 0.3 is 0 Å². The van der Waals surface area contributed by atoms with Gasteiger partial charge < -0.3 is 9.84 Å². The van der Waals surface area contributed by atoms with Crippen LogP contribution in [0.3, 0.4) is 0 Å². The summed E-state index contributed by atoms with van der Waals surface area (Å²) in [6, 6.07) is 0.672. The lowest BCUT2D eigenvalue weighted by Crippen LogP contribution is -2.34.